The minimum atomic E-state index is -0.127. The first-order chi connectivity index (χ1) is 11.9. The predicted octanol–water partition coefficient (Wildman–Crippen LogP) is 4.63. The topological polar surface area (TPSA) is 56.1 Å². The molecule has 134 valence electrons. The zero-order chi connectivity index (χ0) is 18.1. The van der Waals surface area contributed by atoms with E-state index in [4.69, 9.17) is 16.3 Å². The van der Waals surface area contributed by atoms with Crippen LogP contribution < -0.4 is 15.6 Å². The fourth-order valence-electron chi connectivity index (χ4n) is 3.40. The summed E-state index contributed by atoms with van der Waals surface area (Å²) in [6, 6.07) is 4.04. The zero-order valence-electron chi connectivity index (χ0n) is 15.1. The normalized spacial score (nSPS) is 15.1. The molecule has 2 aromatic rings. The van der Waals surface area contributed by atoms with Gasteiger partial charge >= 0.3 is 0 Å². The van der Waals surface area contributed by atoms with Crippen LogP contribution in [0.5, 0.6) is 5.75 Å². The second-order valence-corrected chi connectivity index (χ2v) is 7.09. The van der Waals surface area contributed by atoms with Crippen molar-refractivity contribution < 1.29 is 4.74 Å². The lowest BCUT2D eigenvalue weighted by Crippen LogP contribution is -2.28. The first kappa shape index (κ1) is 17.8. The molecule has 6 heteroatoms. The molecule has 0 radical (unpaired) electrons. The monoisotopic (exact) mass is 361 g/mol. The molecule has 0 bridgehead atoms. The number of methoxy groups -OCH3 is 1. The van der Waals surface area contributed by atoms with E-state index in [-0.39, 0.29) is 17.4 Å². The van der Waals surface area contributed by atoms with Crippen LogP contribution in [0.15, 0.2) is 23.1 Å². The lowest BCUT2D eigenvalue weighted by Gasteiger charge is -2.20. The molecule has 1 aliphatic rings. The molecule has 1 aromatic carbocycles. The largest absolute Gasteiger partial charge is 0.497 e. The summed E-state index contributed by atoms with van der Waals surface area (Å²) in [7, 11) is 1.64. The number of benzene rings is 1. The Morgan fingerprint density at radius 1 is 1.36 bits per heavy atom. The van der Waals surface area contributed by atoms with Gasteiger partial charge in [-0.3, -0.25) is 4.79 Å². The smallest absolute Gasteiger partial charge is 0.294 e. The summed E-state index contributed by atoms with van der Waals surface area (Å²) in [5.74, 6) is 1.62. The summed E-state index contributed by atoms with van der Waals surface area (Å²) in [5.41, 5.74) is 2.70. The van der Waals surface area contributed by atoms with Crippen LogP contribution in [0, 0.1) is 19.8 Å². The van der Waals surface area contributed by atoms with Crippen LogP contribution in [0.1, 0.15) is 43.4 Å². The number of nitrogens with one attached hydrogen (secondary N) is 1. The molecule has 1 fully saturated rings. The van der Waals surface area contributed by atoms with Gasteiger partial charge in [-0.2, -0.15) is 0 Å². The Kier molecular flexibility index (Phi) is 5.04. The van der Waals surface area contributed by atoms with Crippen molar-refractivity contribution in [2.24, 2.45) is 5.92 Å². The minimum Gasteiger partial charge on any atom is -0.497 e. The number of aryl methyl sites for hydroxylation is 2. The molecule has 1 heterocycles. The average molecular weight is 362 g/mol. The lowest BCUT2D eigenvalue weighted by atomic mass is 10.1. The van der Waals surface area contributed by atoms with Crippen LogP contribution in [0.4, 0.5) is 11.5 Å². The molecule has 25 heavy (non-hydrogen) atoms. The third-order valence-electron chi connectivity index (χ3n) is 4.83. The highest BCUT2D eigenvalue weighted by atomic mass is 35.5. The molecule has 0 unspecified atom stereocenters. The van der Waals surface area contributed by atoms with E-state index < -0.39 is 0 Å². The Morgan fingerprint density at radius 2 is 2.00 bits per heavy atom. The molecule has 1 atom stereocenters. The van der Waals surface area contributed by atoms with Gasteiger partial charge in [0.2, 0.25) is 0 Å². The van der Waals surface area contributed by atoms with Crippen molar-refractivity contribution in [3.8, 4) is 5.75 Å². The van der Waals surface area contributed by atoms with Gasteiger partial charge in [-0.15, -0.1) is 0 Å². The van der Waals surface area contributed by atoms with Crippen LogP contribution in [-0.2, 0) is 0 Å². The number of rotatable bonds is 6. The first-order valence-electron chi connectivity index (χ1n) is 8.65. The molecule has 0 aliphatic heterocycles. The van der Waals surface area contributed by atoms with Crippen LogP contribution in [0.25, 0.3) is 0 Å². The third kappa shape index (κ3) is 3.66. The van der Waals surface area contributed by atoms with Crippen LogP contribution >= 0.6 is 11.6 Å². The van der Waals surface area contributed by atoms with E-state index in [1.807, 2.05) is 26.0 Å². The van der Waals surface area contributed by atoms with Crippen LogP contribution in [0.2, 0.25) is 5.15 Å². The maximum absolute atomic E-state index is 13.0. The number of hydrogen-bond acceptors (Lipinski definition) is 4. The Labute approximate surface area is 153 Å². The van der Waals surface area contributed by atoms with Crippen LogP contribution in [-0.4, -0.2) is 16.7 Å². The molecule has 0 saturated heterocycles. The summed E-state index contributed by atoms with van der Waals surface area (Å²) in [6.07, 6.45) is 4.91. The van der Waals surface area contributed by atoms with Gasteiger partial charge in [-0.1, -0.05) is 18.5 Å². The number of halogens is 1. The van der Waals surface area contributed by atoms with Crippen molar-refractivity contribution in [3.05, 3.63) is 45.0 Å². The molecule has 1 saturated carbocycles. The highest BCUT2D eigenvalue weighted by Crippen LogP contribution is 2.41. The number of nitrogens with zero attached hydrogens (tertiary/aromatic N) is 2. The Balaban J connectivity index is 2.01. The Hall–Kier alpha value is -2.01. The van der Waals surface area contributed by atoms with Crippen molar-refractivity contribution in [2.75, 3.05) is 12.4 Å². The predicted molar refractivity (Wildman–Crippen MR) is 101 cm³/mol. The Bertz CT molecular complexity index is 820. The summed E-state index contributed by atoms with van der Waals surface area (Å²) in [4.78, 5) is 17.2. The molecular formula is C19H24ClN3O2. The van der Waals surface area contributed by atoms with Crippen molar-refractivity contribution in [2.45, 2.75) is 46.1 Å². The number of hydrogen-bond donors (Lipinski definition) is 1. The number of aromatic nitrogens is 2. The van der Waals surface area contributed by atoms with Gasteiger partial charge < -0.3 is 14.6 Å². The van der Waals surface area contributed by atoms with Gasteiger partial charge in [0.05, 0.1) is 7.11 Å². The number of anilines is 2. The van der Waals surface area contributed by atoms with Crippen LogP contribution in [0.3, 0.4) is 0 Å². The van der Waals surface area contributed by atoms with E-state index in [1.165, 1.54) is 12.8 Å². The molecule has 1 aliphatic carbocycles. The number of ether oxygens (including phenoxy) is 1. The highest BCUT2D eigenvalue weighted by molar-refractivity contribution is 6.29. The van der Waals surface area contributed by atoms with E-state index in [2.05, 4.69) is 17.2 Å². The van der Waals surface area contributed by atoms with Gasteiger partial charge in [0.1, 0.15) is 10.9 Å². The van der Waals surface area contributed by atoms with Crippen molar-refractivity contribution >= 4 is 23.1 Å². The van der Waals surface area contributed by atoms with Crippen molar-refractivity contribution in [3.63, 3.8) is 0 Å². The van der Waals surface area contributed by atoms with Gasteiger partial charge in [-0.25, -0.2) is 4.98 Å². The van der Waals surface area contributed by atoms with Gasteiger partial charge in [0, 0.05) is 17.9 Å². The highest BCUT2D eigenvalue weighted by Gasteiger charge is 2.32. The van der Waals surface area contributed by atoms with E-state index >= 15 is 0 Å². The average Bonchev–Trinajstić information content (AvgIpc) is 3.40. The minimum absolute atomic E-state index is 0.127. The molecule has 0 amide bonds. The van der Waals surface area contributed by atoms with Gasteiger partial charge in [0.25, 0.3) is 5.56 Å². The molecule has 3 rings (SSSR count). The van der Waals surface area contributed by atoms with Gasteiger partial charge in [0.15, 0.2) is 5.82 Å². The zero-order valence-corrected chi connectivity index (χ0v) is 15.9. The second-order valence-electron chi connectivity index (χ2n) is 6.70. The SMILES string of the molecule is CC[C@H](C1CC1)n1cc(Cl)nc(Nc2c(C)cc(OC)cc2C)c1=O. The van der Waals surface area contributed by atoms with Gasteiger partial charge in [-0.05, 0) is 62.3 Å². The Morgan fingerprint density at radius 3 is 2.52 bits per heavy atom. The van der Waals surface area contributed by atoms with E-state index in [0.717, 1.165) is 29.0 Å². The first-order valence-corrected chi connectivity index (χ1v) is 9.03. The maximum atomic E-state index is 13.0. The van der Waals surface area contributed by atoms with Crippen molar-refractivity contribution in [1.82, 2.24) is 9.55 Å². The summed E-state index contributed by atoms with van der Waals surface area (Å²) < 4.78 is 7.05. The molecule has 0 spiro atoms. The maximum Gasteiger partial charge on any atom is 0.294 e. The lowest BCUT2D eigenvalue weighted by molar-refractivity contribution is 0.414. The standard InChI is InChI=1S/C19H24ClN3O2/c1-5-15(13-6-7-13)23-10-16(20)21-18(19(23)24)22-17-11(2)8-14(25-4)9-12(17)3/h8-10,13,15H,5-7H2,1-4H3,(H,21,22)/t15-/m1/s1. The molecule has 5 nitrogen and oxygen atoms in total. The van der Waals surface area contributed by atoms with E-state index in [0.29, 0.717) is 11.1 Å². The van der Waals surface area contributed by atoms with Crippen molar-refractivity contribution in [1.29, 1.82) is 0 Å². The fourth-order valence-corrected chi connectivity index (χ4v) is 3.59. The molecule has 1 N–H and O–H groups in total. The molecule has 1 aromatic heterocycles. The van der Waals surface area contributed by atoms with E-state index in [9.17, 15) is 4.79 Å². The fraction of sp³-hybridized carbons (Fsp3) is 0.474. The quantitative estimate of drug-likeness (QED) is 0.815. The van der Waals surface area contributed by atoms with E-state index in [1.54, 1.807) is 17.9 Å². The summed E-state index contributed by atoms with van der Waals surface area (Å²) in [6.45, 7) is 6.05. The second kappa shape index (κ2) is 7.08. The summed E-state index contributed by atoms with van der Waals surface area (Å²) >= 11 is 6.21. The summed E-state index contributed by atoms with van der Waals surface area (Å²) in [5, 5.41) is 3.52. The third-order valence-corrected chi connectivity index (χ3v) is 5.01. The molecular weight excluding hydrogens is 338 g/mol.